The van der Waals surface area contributed by atoms with Gasteiger partial charge in [0.1, 0.15) is 5.75 Å². The highest BCUT2D eigenvalue weighted by atomic mass is 16.5. The van der Waals surface area contributed by atoms with E-state index in [-0.39, 0.29) is 11.9 Å². The second-order valence-electron chi connectivity index (χ2n) is 4.30. The molecule has 0 saturated carbocycles. The smallest absolute Gasteiger partial charge is 0.327 e. The van der Waals surface area contributed by atoms with Gasteiger partial charge in [-0.15, -0.1) is 0 Å². The predicted octanol–water partition coefficient (Wildman–Crippen LogP) is 1.22. The van der Waals surface area contributed by atoms with E-state index in [4.69, 9.17) is 4.74 Å². The van der Waals surface area contributed by atoms with Crippen LogP contribution in [0.25, 0.3) is 11.0 Å². The Morgan fingerprint density at radius 1 is 1.47 bits per heavy atom. The number of fused-ring (bicyclic) bond motifs is 1. The molecule has 3 rings (SSSR count). The van der Waals surface area contributed by atoms with Crippen LogP contribution < -0.4 is 15.7 Å². The van der Waals surface area contributed by atoms with Crippen molar-refractivity contribution in [3.63, 3.8) is 0 Å². The van der Waals surface area contributed by atoms with Crippen LogP contribution in [0.5, 0.6) is 5.75 Å². The minimum absolute atomic E-state index is 0.0624. The van der Waals surface area contributed by atoms with Gasteiger partial charge in [0.2, 0.25) is 0 Å². The van der Waals surface area contributed by atoms with Crippen LogP contribution in [0.15, 0.2) is 23.0 Å². The van der Waals surface area contributed by atoms with Crippen molar-refractivity contribution in [1.82, 2.24) is 14.9 Å². The number of rotatable bonds is 2. The van der Waals surface area contributed by atoms with Gasteiger partial charge in [0.05, 0.1) is 24.3 Å². The number of imidazole rings is 1. The number of nitrogens with one attached hydrogen (secondary N) is 2. The van der Waals surface area contributed by atoms with Crippen molar-refractivity contribution in [3.8, 4) is 5.75 Å². The van der Waals surface area contributed by atoms with Gasteiger partial charge in [0.15, 0.2) is 0 Å². The molecule has 1 unspecified atom stereocenters. The molecule has 1 atom stereocenters. The maximum absolute atomic E-state index is 12.0. The molecule has 2 N–H and O–H groups in total. The second-order valence-corrected chi connectivity index (χ2v) is 4.30. The van der Waals surface area contributed by atoms with E-state index in [2.05, 4.69) is 10.3 Å². The zero-order valence-corrected chi connectivity index (χ0v) is 9.69. The van der Waals surface area contributed by atoms with E-state index in [1.807, 2.05) is 18.2 Å². The Morgan fingerprint density at radius 2 is 2.35 bits per heavy atom. The van der Waals surface area contributed by atoms with Crippen LogP contribution in [0.1, 0.15) is 19.0 Å². The molecule has 5 heteroatoms. The monoisotopic (exact) mass is 233 g/mol. The molecule has 2 heterocycles. The van der Waals surface area contributed by atoms with E-state index >= 15 is 0 Å². The summed E-state index contributed by atoms with van der Waals surface area (Å²) in [5.74, 6) is 0.755. The molecule has 1 fully saturated rings. The molecule has 1 aromatic heterocycles. The Kier molecular flexibility index (Phi) is 2.40. The molecule has 0 amide bonds. The highest BCUT2D eigenvalue weighted by Crippen LogP contribution is 2.23. The quantitative estimate of drug-likeness (QED) is 0.820. The third-order valence-corrected chi connectivity index (χ3v) is 3.27. The molecule has 5 nitrogen and oxygen atoms in total. The number of ether oxygens (including phenoxy) is 1. The summed E-state index contributed by atoms with van der Waals surface area (Å²) >= 11 is 0. The lowest BCUT2D eigenvalue weighted by Crippen LogP contribution is -2.28. The molecule has 1 saturated heterocycles. The number of hydrogen-bond donors (Lipinski definition) is 2. The lowest BCUT2D eigenvalue weighted by atomic mass is 10.2. The summed E-state index contributed by atoms with van der Waals surface area (Å²) in [5, 5.41) is 3.33. The fraction of sp³-hybridized carbons (Fsp3) is 0.417. The highest BCUT2D eigenvalue weighted by Gasteiger charge is 2.20. The van der Waals surface area contributed by atoms with Crippen LogP contribution in [0.3, 0.4) is 0 Å². The van der Waals surface area contributed by atoms with Gasteiger partial charge in [-0.2, -0.15) is 0 Å². The Bertz CT molecular complexity index is 593. The summed E-state index contributed by atoms with van der Waals surface area (Å²) in [6.45, 7) is 0.972. The van der Waals surface area contributed by atoms with Gasteiger partial charge in [0, 0.05) is 6.07 Å². The van der Waals surface area contributed by atoms with Crippen molar-refractivity contribution in [2.24, 2.45) is 0 Å². The van der Waals surface area contributed by atoms with Crippen molar-refractivity contribution in [3.05, 3.63) is 28.7 Å². The standard InChI is InChI=1S/C12H15N3O2/c1-17-8-4-5-10-9(7-8)14-12(16)15(10)11-3-2-6-13-11/h4-5,7,11,13H,2-3,6H2,1H3,(H,14,16). The third-order valence-electron chi connectivity index (χ3n) is 3.27. The Labute approximate surface area is 98.4 Å². The number of aromatic nitrogens is 2. The van der Waals surface area contributed by atoms with Gasteiger partial charge in [-0.3, -0.25) is 9.88 Å². The van der Waals surface area contributed by atoms with E-state index in [0.29, 0.717) is 0 Å². The minimum atomic E-state index is -0.0624. The molecule has 90 valence electrons. The molecule has 0 aliphatic carbocycles. The van der Waals surface area contributed by atoms with Gasteiger partial charge in [-0.25, -0.2) is 4.79 Å². The summed E-state index contributed by atoms with van der Waals surface area (Å²) in [5.41, 5.74) is 1.69. The van der Waals surface area contributed by atoms with Crippen LogP contribution in [0, 0.1) is 0 Å². The van der Waals surface area contributed by atoms with E-state index in [1.165, 1.54) is 0 Å². The van der Waals surface area contributed by atoms with E-state index < -0.39 is 0 Å². The molecule has 1 aliphatic heterocycles. The first-order chi connectivity index (χ1) is 8.29. The Hall–Kier alpha value is -1.75. The maximum Gasteiger partial charge on any atom is 0.327 e. The summed E-state index contributed by atoms with van der Waals surface area (Å²) in [6.07, 6.45) is 2.23. The predicted molar refractivity (Wildman–Crippen MR) is 65.4 cm³/mol. The topological polar surface area (TPSA) is 59.1 Å². The van der Waals surface area contributed by atoms with Gasteiger partial charge in [0.25, 0.3) is 0 Å². The van der Waals surface area contributed by atoms with Crippen LogP contribution in [0.4, 0.5) is 0 Å². The van der Waals surface area contributed by atoms with Crippen LogP contribution in [-0.4, -0.2) is 23.2 Å². The number of nitrogens with zero attached hydrogens (tertiary/aromatic N) is 1. The Morgan fingerprint density at radius 3 is 3.06 bits per heavy atom. The summed E-state index contributed by atoms with van der Waals surface area (Å²) in [6, 6.07) is 5.65. The van der Waals surface area contributed by atoms with Crippen LogP contribution >= 0.6 is 0 Å². The molecule has 17 heavy (non-hydrogen) atoms. The summed E-state index contributed by atoms with van der Waals surface area (Å²) in [4.78, 5) is 14.8. The van der Waals surface area contributed by atoms with Crippen LogP contribution in [-0.2, 0) is 0 Å². The van der Waals surface area contributed by atoms with Crippen molar-refractivity contribution >= 4 is 11.0 Å². The highest BCUT2D eigenvalue weighted by molar-refractivity contribution is 5.77. The van der Waals surface area contributed by atoms with E-state index in [9.17, 15) is 4.79 Å². The summed E-state index contributed by atoms with van der Waals surface area (Å²) < 4.78 is 6.94. The fourth-order valence-corrected chi connectivity index (χ4v) is 2.43. The van der Waals surface area contributed by atoms with Gasteiger partial charge < -0.3 is 9.72 Å². The molecular weight excluding hydrogens is 218 g/mol. The molecule has 1 aliphatic rings. The van der Waals surface area contributed by atoms with E-state index in [0.717, 1.165) is 36.2 Å². The number of hydrogen-bond acceptors (Lipinski definition) is 3. The third kappa shape index (κ3) is 1.63. The number of benzene rings is 1. The normalized spacial score (nSPS) is 19.9. The average Bonchev–Trinajstić information content (AvgIpc) is 2.93. The molecule has 0 radical (unpaired) electrons. The zero-order chi connectivity index (χ0) is 11.8. The van der Waals surface area contributed by atoms with Crippen LogP contribution in [0.2, 0.25) is 0 Å². The van der Waals surface area contributed by atoms with Gasteiger partial charge in [-0.1, -0.05) is 0 Å². The first kappa shape index (κ1) is 10.4. The first-order valence-electron chi connectivity index (χ1n) is 5.81. The lowest BCUT2D eigenvalue weighted by molar-refractivity contribution is 0.415. The number of methoxy groups -OCH3 is 1. The van der Waals surface area contributed by atoms with Crippen molar-refractivity contribution in [1.29, 1.82) is 0 Å². The lowest BCUT2D eigenvalue weighted by Gasteiger charge is -2.12. The molecule has 1 aromatic carbocycles. The van der Waals surface area contributed by atoms with Gasteiger partial charge in [-0.05, 0) is 31.5 Å². The van der Waals surface area contributed by atoms with Crippen molar-refractivity contribution in [2.75, 3.05) is 13.7 Å². The average molecular weight is 233 g/mol. The fourth-order valence-electron chi connectivity index (χ4n) is 2.43. The second kappa shape index (κ2) is 3.92. The molecule has 2 aromatic rings. The molecular formula is C12H15N3O2. The first-order valence-corrected chi connectivity index (χ1v) is 5.81. The van der Waals surface area contributed by atoms with Gasteiger partial charge >= 0.3 is 5.69 Å². The van der Waals surface area contributed by atoms with Crippen molar-refractivity contribution in [2.45, 2.75) is 19.0 Å². The van der Waals surface area contributed by atoms with E-state index in [1.54, 1.807) is 11.7 Å². The summed E-state index contributed by atoms with van der Waals surface area (Å²) in [7, 11) is 1.62. The SMILES string of the molecule is COc1ccc2c(c1)[nH]c(=O)n2C1CCCN1. The zero-order valence-electron chi connectivity index (χ0n) is 9.69. The molecule has 0 spiro atoms. The number of H-pyrrole nitrogens is 1. The molecule has 0 bridgehead atoms. The van der Waals surface area contributed by atoms with Crippen molar-refractivity contribution < 1.29 is 4.74 Å². The Balaban J connectivity index is 2.17. The minimum Gasteiger partial charge on any atom is -0.497 e. The maximum atomic E-state index is 12.0. The number of aromatic amines is 1. The largest absolute Gasteiger partial charge is 0.497 e.